The average molecular weight is 772 g/mol. The van der Waals surface area contributed by atoms with Crippen LogP contribution in [0.25, 0.3) is 0 Å². The Morgan fingerprint density at radius 2 is 1.11 bits per heavy atom. The Bertz CT molecular complexity index is 1110. The summed E-state index contributed by atoms with van der Waals surface area (Å²) < 4.78 is 32.5. The molecule has 4 N–H and O–H groups in total. The number of rotatable bonds is 37. The molecule has 13 heteroatoms. The number of allylic oxidation sites excluding steroid dienone is 6. The Hall–Kier alpha value is -2.63. The first-order chi connectivity index (χ1) is 25.5. The van der Waals surface area contributed by atoms with Gasteiger partial charge in [0.1, 0.15) is 12.6 Å². The molecule has 53 heavy (non-hydrogen) atoms. The molecule has 306 valence electrons. The Morgan fingerprint density at radius 1 is 0.623 bits per heavy atom. The molecule has 0 fully saturated rings. The number of carbonyl (C=O) groups is 4. The van der Waals surface area contributed by atoms with E-state index in [1.165, 1.54) is 25.7 Å². The minimum atomic E-state index is -4.73. The molecule has 0 bridgehead atoms. The van der Waals surface area contributed by atoms with Gasteiger partial charge in [0.05, 0.1) is 13.2 Å². The number of carbonyl (C=O) groups excluding carboxylic acids is 3. The number of carboxylic acid groups (broad SMARTS) is 1. The van der Waals surface area contributed by atoms with E-state index in [0.29, 0.717) is 19.3 Å². The molecule has 0 aromatic rings. The maximum Gasteiger partial charge on any atom is 0.472 e. The number of unbranched alkanes of at least 4 members (excludes halogenated alkanes) is 16. The molecule has 3 atom stereocenters. The minimum Gasteiger partial charge on any atom is -0.480 e. The first-order valence-corrected chi connectivity index (χ1v) is 21.5. The van der Waals surface area contributed by atoms with Crippen LogP contribution in [0.4, 0.5) is 0 Å². The number of carboxylic acids is 1. The third kappa shape index (κ3) is 34.9. The van der Waals surface area contributed by atoms with Gasteiger partial charge >= 0.3 is 25.7 Å². The smallest absolute Gasteiger partial charge is 0.472 e. The van der Waals surface area contributed by atoms with Crippen molar-refractivity contribution in [1.29, 1.82) is 0 Å². The third-order valence-corrected chi connectivity index (χ3v) is 9.29. The third-order valence-electron chi connectivity index (χ3n) is 8.34. The Labute approximate surface area is 318 Å². The van der Waals surface area contributed by atoms with Crippen LogP contribution in [0, 0.1) is 0 Å². The lowest BCUT2D eigenvalue weighted by atomic mass is 10.1. The molecule has 0 saturated carbocycles. The van der Waals surface area contributed by atoms with Crippen molar-refractivity contribution in [3.05, 3.63) is 36.5 Å². The lowest BCUT2D eigenvalue weighted by Gasteiger charge is -2.20. The van der Waals surface area contributed by atoms with E-state index in [9.17, 15) is 28.6 Å². The average Bonchev–Trinajstić information content (AvgIpc) is 3.12. The van der Waals surface area contributed by atoms with Gasteiger partial charge in [-0.2, -0.15) is 0 Å². The second-order valence-electron chi connectivity index (χ2n) is 13.4. The van der Waals surface area contributed by atoms with Crippen molar-refractivity contribution in [3.63, 3.8) is 0 Å². The highest BCUT2D eigenvalue weighted by Gasteiger charge is 2.28. The van der Waals surface area contributed by atoms with E-state index in [1.54, 1.807) is 12.2 Å². The summed E-state index contributed by atoms with van der Waals surface area (Å²) in [7, 11) is -4.73. The van der Waals surface area contributed by atoms with Gasteiger partial charge in [0.15, 0.2) is 11.9 Å². The number of aliphatic carboxylic acids is 1. The summed E-state index contributed by atoms with van der Waals surface area (Å²) in [5.74, 6) is -2.31. The predicted molar refractivity (Wildman–Crippen MR) is 208 cm³/mol. The van der Waals surface area contributed by atoms with Gasteiger partial charge in [0.2, 0.25) is 0 Å². The van der Waals surface area contributed by atoms with Crippen LogP contribution in [-0.2, 0) is 42.3 Å². The summed E-state index contributed by atoms with van der Waals surface area (Å²) in [6.07, 6.45) is 31.9. The van der Waals surface area contributed by atoms with E-state index >= 15 is 0 Å². The summed E-state index contributed by atoms with van der Waals surface area (Å²) in [6, 6.07) is -1.54. The zero-order valence-electron chi connectivity index (χ0n) is 32.6. The van der Waals surface area contributed by atoms with Gasteiger partial charge in [0.25, 0.3) is 0 Å². The number of ether oxygens (including phenoxy) is 2. The number of phosphoric ester groups is 1. The van der Waals surface area contributed by atoms with Crippen LogP contribution >= 0.6 is 7.82 Å². The van der Waals surface area contributed by atoms with Crippen molar-refractivity contribution in [1.82, 2.24) is 0 Å². The van der Waals surface area contributed by atoms with Crippen molar-refractivity contribution in [3.8, 4) is 0 Å². The molecular formula is C40H70NO11P. The maximum atomic E-state index is 12.6. The summed E-state index contributed by atoms with van der Waals surface area (Å²) in [4.78, 5) is 57.5. The maximum absolute atomic E-state index is 12.6. The van der Waals surface area contributed by atoms with Gasteiger partial charge in [0, 0.05) is 19.3 Å². The van der Waals surface area contributed by atoms with Crippen LogP contribution in [0.5, 0.6) is 0 Å². The van der Waals surface area contributed by atoms with E-state index in [-0.39, 0.29) is 25.2 Å². The second kappa shape index (κ2) is 35.1. The molecule has 0 radical (unpaired) electrons. The lowest BCUT2D eigenvalue weighted by Crippen LogP contribution is -2.34. The van der Waals surface area contributed by atoms with Gasteiger partial charge in [-0.3, -0.25) is 28.2 Å². The van der Waals surface area contributed by atoms with E-state index < -0.39 is 51.1 Å². The van der Waals surface area contributed by atoms with Gasteiger partial charge < -0.3 is 25.2 Å². The molecule has 0 aliphatic heterocycles. The summed E-state index contributed by atoms with van der Waals surface area (Å²) >= 11 is 0. The summed E-state index contributed by atoms with van der Waals surface area (Å²) in [6.45, 7) is 2.56. The molecule has 0 rings (SSSR count). The number of phosphoric acid groups is 1. The predicted octanol–water partition coefficient (Wildman–Crippen LogP) is 9.24. The standard InChI is InChI=1S/C40H70NO11P/c1-3-5-7-8-9-10-11-12-13-16-19-22-26-30-38(43)49-32-36(33-50-53(47,48)51-34-37(41)40(45)46)52-39(44)31-27-23-20-17-14-15-18-21-25-29-35(42)28-24-6-4-2/h10-11,18,21,25,29,36-37H,3-9,12-17,19-20,22-24,26-28,30-34,41H2,1-2H3,(H,45,46)(H,47,48)/b11-10-,21-18-,29-25+/t36-,37+/m1/s1. The van der Waals surface area contributed by atoms with E-state index in [0.717, 1.165) is 89.9 Å². The normalized spacial score (nSPS) is 14.1. The topological polar surface area (TPSA) is 189 Å². The quantitative estimate of drug-likeness (QED) is 0.0136. The second-order valence-corrected chi connectivity index (χ2v) is 14.9. The largest absolute Gasteiger partial charge is 0.480 e. The number of nitrogens with two attached hydrogens (primary N) is 1. The van der Waals surface area contributed by atoms with Crippen molar-refractivity contribution in [2.24, 2.45) is 5.73 Å². The van der Waals surface area contributed by atoms with E-state index in [2.05, 4.69) is 30.5 Å². The number of hydrogen-bond donors (Lipinski definition) is 3. The molecule has 12 nitrogen and oxygen atoms in total. The lowest BCUT2D eigenvalue weighted by molar-refractivity contribution is -0.161. The zero-order valence-corrected chi connectivity index (χ0v) is 33.5. The molecule has 0 aliphatic carbocycles. The number of ketones is 1. The van der Waals surface area contributed by atoms with Gasteiger partial charge in [-0.15, -0.1) is 0 Å². The van der Waals surface area contributed by atoms with Crippen LogP contribution in [-0.4, -0.2) is 65.7 Å². The fourth-order valence-corrected chi connectivity index (χ4v) is 5.88. The summed E-state index contributed by atoms with van der Waals surface area (Å²) in [5, 5.41) is 8.86. The van der Waals surface area contributed by atoms with Crippen molar-refractivity contribution in [2.75, 3.05) is 19.8 Å². The Kier molecular flexibility index (Phi) is 33.4. The van der Waals surface area contributed by atoms with Gasteiger partial charge in [-0.25, -0.2) is 4.57 Å². The van der Waals surface area contributed by atoms with Gasteiger partial charge in [-0.05, 0) is 63.9 Å². The highest BCUT2D eigenvalue weighted by Crippen LogP contribution is 2.43. The molecule has 1 unspecified atom stereocenters. The van der Waals surface area contributed by atoms with Crippen LogP contribution in [0.3, 0.4) is 0 Å². The molecule has 0 aromatic carbocycles. The molecule has 0 aliphatic rings. The first kappa shape index (κ1) is 50.4. The zero-order chi connectivity index (χ0) is 39.4. The monoisotopic (exact) mass is 771 g/mol. The Morgan fingerprint density at radius 3 is 1.72 bits per heavy atom. The molecule has 0 aromatic heterocycles. The fourth-order valence-electron chi connectivity index (χ4n) is 5.10. The van der Waals surface area contributed by atoms with E-state index in [1.807, 2.05) is 12.2 Å². The molecule has 0 spiro atoms. The molecule has 0 saturated heterocycles. The van der Waals surface area contributed by atoms with E-state index in [4.69, 9.17) is 24.8 Å². The minimum absolute atomic E-state index is 0.108. The van der Waals surface area contributed by atoms with Gasteiger partial charge in [-0.1, -0.05) is 115 Å². The Balaban J connectivity index is 4.51. The van der Waals surface area contributed by atoms with Crippen LogP contribution in [0.2, 0.25) is 0 Å². The number of hydrogen-bond acceptors (Lipinski definition) is 10. The number of esters is 2. The van der Waals surface area contributed by atoms with Crippen molar-refractivity contribution < 1.29 is 52.3 Å². The van der Waals surface area contributed by atoms with Crippen LogP contribution < -0.4 is 5.73 Å². The first-order valence-electron chi connectivity index (χ1n) is 20.0. The molecule has 0 heterocycles. The summed E-state index contributed by atoms with van der Waals surface area (Å²) in [5.41, 5.74) is 5.31. The highest BCUT2D eigenvalue weighted by molar-refractivity contribution is 7.47. The van der Waals surface area contributed by atoms with Crippen LogP contribution in [0.15, 0.2) is 36.5 Å². The fraction of sp³-hybridized carbons (Fsp3) is 0.750. The SMILES string of the molecule is CCCCCC/C=C\CCCCCCCC(=O)OC[C@H](COP(=O)(O)OC[C@H](N)C(=O)O)OC(=O)CCCCCCC/C=C\C=C\C(=O)CCCCC. The molecular weight excluding hydrogens is 701 g/mol. The van der Waals surface area contributed by atoms with Crippen molar-refractivity contribution >= 4 is 31.5 Å². The van der Waals surface area contributed by atoms with Crippen LogP contribution in [0.1, 0.15) is 162 Å². The van der Waals surface area contributed by atoms with Crippen molar-refractivity contribution in [2.45, 2.75) is 174 Å². The highest BCUT2D eigenvalue weighted by atomic mass is 31.2. The molecule has 0 amide bonds.